The van der Waals surface area contributed by atoms with Crippen LogP contribution in [0.3, 0.4) is 0 Å². The van der Waals surface area contributed by atoms with Gasteiger partial charge in [0.05, 0.1) is 18.0 Å². The molecule has 1 N–H and O–H groups in total. The van der Waals surface area contributed by atoms with E-state index in [2.05, 4.69) is 4.98 Å². The van der Waals surface area contributed by atoms with Gasteiger partial charge in [0.2, 0.25) is 10.0 Å². The molecule has 0 bridgehead atoms. The molecular formula is C22H30N2O6S. The Morgan fingerprint density at radius 2 is 1.81 bits per heavy atom. The van der Waals surface area contributed by atoms with Crippen molar-refractivity contribution >= 4 is 21.8 Å². The summed E-state index contributed by atoms with van der Waals surface area (Å²) in [6, 6.07) is 7.04. The third kappa shape index (κ3) is 5.41. The van der Waals surface area contributed by atoms with Crippen LogP contribution in [0.25, 0.3) is 0 Å². The molecule has 1 unspecified atom stereocenters. The molecule has 0 amide bonds. The molecule has 0 aliphatic carbocycles. The molecule has 2 rings (SSSR count). The van der Waals surface area contributed by atoms with E-state index >= 15 is 0 Å². The van der Waals surface area contributed by atoms with Crippen LogP contribution in [-0.2, 0) is 19.5 Å². The van der Waals surface area contributed by atoms with Crippen LogP contribution in [0.5, 0.6) is 0 Å². The van der Waals surface area contributed by atoms with Gasteiger partial charge in [0.15, 0.2) is 5.78 Å². The number of aromatic amines is 1. The van der Waals surface area contributed by atoms with Crippen molar-refractivity contribution in [1.29, 1.82) is 0 Å². The van der Waals surface area contributed by atoms with Crippen molar-refractivity contribution in [3.63, 3.8) is 0 Å². The van der Waals surface area contributed by atoms with Crippen molar-refractivity contribution < 1.29 is 27.5 Å². The van der Waals surface area contributed by atoms with Crippen molar-refractivity contribution in [2.24, 2.45) is 0 Å². The normalized spacial score (nSPS) is 12.7. The fraction of sp³-hybridized carbons (Fsp3) is 0.455. The molecule has 0 radical (unpaired) electrons. The van der Waals surface area contributed by atoms with Crippen molar-refractivity contribution in [2.75, 3.05) is 26.9 Å². The number of carbonyl (C=O) groups is 2. The molecule has 0 aliphatic heterocycles. The molecule has 1 heterocycles. The number of nitrogens with one attached hydrogen (secondary N) is 1. The molecule has 1 atom stereocenters. The number of aromatic nitrogens is 1. The van der Waals surface area contributed by atoms with Crippen molar-refractivity contribution in [3.05, 3.63) is 52.8 Å². The number of sulfonamides is 1. The number of methoxy groups -OCH3 is 1. The molecule has 170 valence electrons. The maximum absolute atomic E-state index is 13.4. The van der Waals surface area contributed by atoms with Crippen LogP contribution in [-0.4, -0.2) is 62.4 Å². The molecule has 0 fully saturated rings. The Labute approximate surface area is 183 Å². The Morgan fingerprint density at radius 1 is 1.16 bits per heavy atom. The molecule has 2 aromatic rings. The van der Waals surface area contributed by atoms with Gasteiger partial charge < -0.3 is 14.5 Å². The van der Waals surface area contributed by atoms with Gasteiger partial charge in [0.1, 0.15) is 5.69 Å². The average Bonchev–Trinajstić information content (AvgIpc) is 3.06. The SMILES string of the molecule is CCOCCCN(C(C)C(=O)c1c(C)[nH]c(C(=O)OC)c1C)S(=O)(=O)c1ccccc1. The highest BCUT2D eigenvalue weighted by molar-refractivity contribution is 7.89. The number of rotatable bonds is 11. The summed E-state index contributed by atoms with van der Waals surface area (Å²) >= 11 is 0. The molecule has 31 heavy (non-hydrogen) atoms. The van der Waals surface area contributed by atoms with Gasteiger partial charge >= 0.3 is 5.97 Å². The fourth-order valence-electron chi connectivity index (χ4n) is 3.48. The average molecular weight is 451 g/mol. The highest BCUT2D eigenvalue weighted by Gasteiger charge is 2.35. The number of hydrogen-bond donors (Lipinski definition) is 1. The zero-order chi connectivity index (χ0) is 23.2. The zero-order valence-corrected chi connectivity index (χ0v) is 19.4. The molecular weight excluding hydrogens is 420 g/mol. The number of H-pyrrole nitrogens is 1. The molecule has 0 saturated carbocycles. The van der Waals surface area contributed by atoms with Gasteiger partial charge in [-0.3, -0.25) is 4.79 Å². The van der Waals surface area contributed by atoms with E-state index in [9.17, 15) is 18.0 Å². The highest BCUT2D eigenvalue weighted by Crippen LogP contribution is 2.25. The van der Waals surface area contributed by atoms with Crippen LogP contribution in [0.15, 0.2) is 35.2 Å². The van der Waals surface area contributed by atoms with E-state index < -0.39 is 27.8 Å². The molecule has 8 nitrogen and oxygen atoms in total. The first-order chi connectivity index (χ1) is 14.7. The molecule has 0 aliphatic rings. The predicted molar refractivity (Wildman–Crippen MR) is 117 cm³/mol. The number of ketones is 1. The summed E-state index contributed by atoms with van der Waals surface area (Å²) in [4.78, 5) is 28.4. The van der Waals surface area contributed by atoms with Crippen LogP contribution < -0.4 is 0 Å². The maximum atomic E-state index is 13.4. The van der Waals surface area contributed by atoms with E-state index in [0.717, 1.165) is 0 Å². The largest absolute Gasteiger partial charge is 0.464 e. The summed E-state index contributed by atoms with van der Waals surface area (Å²) in [7, 11) is -2.67. The summed E-state index contributed by atoms with van der Waals surface area (Å²) in [5.41, 5.74) is 1.41. The Bertz CT molecular complexity index is 1010. The summed E-state index contributed by atoms with van der Waals surface area (Å²) in [6.07, 6.45) is 0.441. The number of hydrogen-bond acceptors (Lipinski definition) is 6. The first-order valence-corrected chi connectivity index (χ1v) is 11.6. The van der Waals surface area contributed by atoms with Crippen molar-refractivity contribution in [1.82, 2.24) is 9.29 Å². The summed E-state index contributed by atoms with van der Waals surface area (Å²) < 4.78 is 38.0. The third-order valence-electron chi connectivity index (χ3n) is 5.11. The van der Waals surface area contributed by atoms with Crippen LogP contribution >= 0.6 is 0 Å². The van der Waals surface area contributed by atoms with Crippen LogP contribution in [0.2, 0.25) is 0 Å². The quantitative estimate of drug-likeness (QED) is 0.320. The van der Waals surface area contributed by atoms with Gasteiger partial charge in [-0.2, -0.15) is 4.31 Å². The standard InChI is InChI=1S/C22H30N2O6S/c1-6-30-14-10-13-24(31(27,28)18-11-8-7-9-12-18)17(4)21(25)19-15(2)20(22(26)29-5)23-16(19)3/h7-9,11-12,17,23H,6,10,13-14H2,1-5H3. The van der Waals surface area contributed by atoms with E-state index in [1.807, 2.05) is 6.92 Å². The lowest BCUT2D eigenvalue weighted by Crippen LogP contribution is -2.44. The van der Waals surface area contributed by atoms with E-state index in [4.69, 9.17) is 9.47 Å². The fourth-order valence-corrected chi connectivity index (χ4v) is 5.14. The smallest absolute Gasteiger partial charge is 0.354 e. The van der Waals surface area contributed by atoms with Gasteiger partial charge in [0.25, 0.3) is 0 Å². The maximum Gasteiger partial charge on any atom is 0.354 e. The predicted octanol–water partition coefficient (Wildman–Crippen LogP) is 3.11. The second-order valence-electron chi connectivity index (χ2n) is 7.14. The zero-order valence-electron chi connectivity index (χ0n) is 18.6. The third-order valence-corrected chi connectivity index (χ3v) is 7.09. The molecule has 9 heteroatoms. The lowest BCUT2D eigenvalue weighted by Gasteiger charge is -2.28. The number of esters is 1. The van der Waals surface area contributed by atoms with Gasteiger partial charge in [-0.15, -0.1) is 0 Å². The number of aryl methyl sites for hydroxylation is 1. The monoisotopic (exact) mass is 450 g/mol. The Balaban J connectivity index is 2.43. The second-order valence-corrected chi connectivity index (χ2v) is 9.03. The minimum Gasteiger partial charge on any atom is -0.464 e. The molecule has 1 aromatic heterocycles. The molecule has 1 aromatic carbocycles. The van der Waals surface area contributed by atoms with Crippen LogP contribution in [0.4, 0.5) is 0 Å². The first-order valence-electron chi connectivity index (χ1n) is 10.1. The van der Waals surface area contributed by atoms with Crippen LogP contribution in [0, 0.1) is 13.8 Å². The van der Waals surface area contributed by atoms with E-state index in [-0.39, 0.29) is 17.1 Å². The summed E-state index contributed by atoms with van der Waals surface area (Å²) in [5, 5.41) is 0. The highest BCUT2D eigenvalue weighted by atomic mass is 32.2. The minimum atomic E-state index is -3.93. The van der Waals surface area contributed by atoms with Crippen molar-refractivity contribution in [3.8, 4) is 0 Å². The van der Waals surface area contributed by atoms with E-state index in [1.165, 1.54) is 23.5 Å². The Morgan fingerprint density at radius 3 is 2.39 bits per heavy atom. The number of Topliss-reactive ketones (excluding diaryl/α,β-unsaturated/α-hetero) is 1. The number of nitrogens with zero attached hydrogens (tertiary/aromatic N) is 1. The van der Waals surface area contributed by atoms with E-state index in [1.54, 1.807) is 39.0 Å². The molecule has 0 saturated heterocycles. The lowest BCUT2D eigenvalue weighted by atomic mass is 10.0. The summed E-state index contributed by atoms with van der Waals surface area (Å²) in [6.45, 7) is 7.76. The lowest BCUT2D eigenvalue weighted by molar-refractivity contribution is 0.0593. The first kappa shape index (κ1) is 24.8. The number of ether oxygens (including phenoxy) is 2. The second kappa shape index (κ2) is 10.7. The van der Waals surface area contributed by atoms with Gasteiger partial charge in [-0.05, 0) is 51.8 Å². The number of carbonyl (C=O) groups excluding carboxylic acids is 2. The number of benzene rings is 1. The van der Waals surface area contributed by atoms with Crippen LogP contribution in [0.1, 0.15) is 52.4 Å². The van der Waals surface area contributed by atoms with E-state index in [0.29, 0.717) is 36.5 Å². The minimum absolute atomic E-state index is 0.115. The van der Waals surface area contributed by atoms with Gasteiger partial charge in [0, 0.05) is 31.0 Å². The van der Waals surface area contributed by atoms with Gasteiger partial charge in [-0.1, -0.05) is 18.2 Å². The molecule has 0 spiro atoms. The Kier molecular flexibility index (Phi) is 8.55. The van der Waals surface area contributed by atoms with Crippen molar-refractivity contribution in [2.45, 2.75) is 45.1 Å². The topological polar surface area (TPSA) is 106 Å². The summed E-state index contributed by atoms with van der Waals surface area (Å²) in [5.74, 6) is -0.977. The van der Waals surface area contributed by atoms with Gasteiger partial charge in [-0.25, -0.2) is 13.2 Å². The Hall–Kier alpha value is -2.49.